The van der Waals surface area contributed by atoms with Crippen molar-refractivity contribution in [3.05, 3.63) is 24.3 Å². The SMILES string of the molecule is CN(CCNC(C)(C)C)c1nnc2ccccc2n1. The molecule has 1 N–H and O–H groups in total. The van der Waals surface area contributed by atoms with Crippen LogP contribution in [0.2, 0.25) is 0 Å². The molecule has 0 radical (unpaired) electrons. The first-order valence-corrected chi connectivity index (χ1v) is 6.51. The van der Waals surface area contributed by atoms with Gasteiger partial charge in [-0.2, -0.15) is 0 Å². The van der Waals surface area contributed by atoms with Gasteiger partial charge in [0, 0.05) is 25.7 Å². The maximum Gasteiger partial charge on any atom is 0.245 e. The summed E-state index contributed by atoms with van der Waals surface area (Å²) in [6.45, 7) is 8.19. The van der Waals surface area contributed by atoms with Crippen LogP contribution in [-0.4, -0.2) is 40.9 Å². The van der Waals surface area contributed by atoms with Crippen LogP contribution in [-0.2, 0) is 0 Å². The highest BCUT2D eigenvalue weighted by Gasteiger charge is 2.10. The first-order valence-electron chi connectivity index (χ1n) is 6.51. The zero-order valence-electron chi connectivity index (χ0n) is 12.0. The molecule has 5 nitrogen and oxygen atoms in total. The number of hydrogen-bond acceptors (Lipinski definition) is 5. The molecule has 2 aromatic rings. The minimum absolute atomic E-state index is 0.128. The lowest BCUT2D eigenvalue weighted by Gasteiger charge is -2.23. The van der Waals surface area contributed by atoms with Crippen molar-refractivity contribution >= 4 is 17.0 Å². The predicted molar refractivity (Wildman–Crippen MR) is 78.4 cm³/mol. The molecule has 102 valence electrons. The Morgan fingerprint density at radius 1 is 1.11 bits per heavy atom. The van der Waals surface area contributed by atoms with Crippen molar-refractivity contribution in [1.29, 1.82) is 0 Å². The van der Waals surface area contributed by atoms with Gasteiger partial charge in [-0.1, -0.05) is 12.1 Å². The maximum absolute atomic E-state index is 4.51. The Bertz CT molecular complexity index is 547. The van der Waals surface area contributed by atoms with Crippen molar-refractivity contribution in [3.63, 3.8) is 0 Å². The molecule has 0 spiro atoms. The van der Waals surface area contributed by atoms with E-state index in [4.69, 9.17) is 0 Å². The summed E-state index contributed by atoms with van der Waals surface area (Å²) < 4.78 is 0. The molecular weight excluding hydrogens is 238 g/mol. The van der Waals surface area contributed by atoms with Crippen molar-refractivity contribution in [2.75, 3.05) is 25.0 Å². The van der Waals surface area contributed by atoms with Crippen LogP contribution in [0.5, 0.6) is 0 Å². The third kappa shape index (κ3) is 3.86. The topological polar surface area (TPSA) is 53.9 Å². The smallest absolute Gasteiger partial charge is 0.245 e. The molecule has 1 aromatic heterocycles. The molecule has 1 aromatic carbocycles. The average molecular weight is 259 g/mol. The lowest BCUT2D eigenvalue weighted by molar-refractivity contribution is 0.430. The molecule has 0 atom stereocenters. The summed E-state index contributed by atoms with van der Waals surface area (Å²) in [5.74, 6) is 0.661. The molecule has 0 aliphatic rings. The molecule has 5 heteroatoms. The molecule has 0 aliphatic heterocycles. The molecule has 0 bridgehead atoms. The van der Waals surface area contributed by atoms with Gasteiger partial charge >= 0.3 is 0 Å². The van der Waals surface area contributed by atoms with Crippen LogP contribution in [0, 0.1) is 0 Å². The molecule has 0 saturated carbocycles. The number of anilines is 1. The van der Waals surface area contributed by atoms with Crippen LogP contribution in [0.3, 0.4) is 0 Å². The summed E-state index contributed by atoms with van der Waals surface area (Å²) in [6, 6.07) is 7.77. The zero-order valence-corrected chi connectivity index (χ0v) is 12.0. The van der Waals surface area contributed by atoms with Gasteiger partial charge in [-0.25, -0.2) is 4.98 Å². The fraction of sp³-hybridized carbons (Fsp3) is 0.500. The maximum atomic E-state index is 4.51. The summed E-state index contributed by atoms with van der Waals surface area (Å²) in [5.41, 5.74) is 1.83. The number of hydrogen-bond donors (Lipinski definition) is 1. The Morgan fingerprint density at radius 3 is 2.47 bits per heavy atom. The quantitative estimate of drug-likeness (QED) is 0.908. The fourth-order valence-corrected chi connectivity index (χ4v) is 1.73. The Balaban J connectivity index is 2.03. The van der Waals surface area contributed by atoms with Crippen molar-refractivity contribution in [1.82, 2.24) is 20.5 Å². The second-order valence-electron chi connectivity index (χ2n) is 5.70. The van der Waals surface area contributed by atoms with E-state index < -0.39 is 0 Å². The van der Waals surface area contributed by atoms with Crippen molar-refractivity contribution in [3.8, 4) is 0 Å². The Kier molecular flexibility index (Phi) is 3.95. The summed E-state index contributed by atoms with van der Waals surface area (Å²) in [4.78, 5) is 6.53. The van der Waals surface area contributed by atoms with Crippen molar-refractivity contribution in [2.45, 2.75) is 26.3 Å². The number of fused-ring (bicyclic) bond motifs is 1. The first kappa shape index (κ1) is 13.7. The van der Waals surface area contributed by atoms with E-state index in [1.807, 2.05) is 36.2 Å². The second-order valence-corrected chi connectivity index (χ2v) is 5.70. The largest absolute Gasteiger partial charge is 0.341 e. The van der Waals surface area contributed by atoms with Crippen LogP contribution in [0.25, 0.3) is 11.0 Å². The van der Waals surface area contributed by atoms with Crippen LogP contribution < -0.4 is 10.2 Å². The minimum atomic E-state index is 0.128. The number of aromatic nitrogens is 3. The zero-order chi connectivity index (χ0) is 13.9. The highest BCUT2D eigenvalue weighted by molar-refractivity contribution is 5.74. The van der Waals surface area contributed by atoms with Crippen LogP contribution >= 0.6 is 0 Å². The summed E-state index contributed by atoms with van der Waals surface area (Å²) in [6.07, 6.45) is 0. The standard InChI is InChI=1S/C14H21N5/c1-14(2,3)15-9-10-19(4)13-16-11-7-5-6-8-12(11)17-18-13/h5-8,15H,9-10H2,1-4H3. The summed E-state index contributed by atoms with van der Waals surface area (Å²) >= 11 is 0. The molecule has 2 rings (SSSR count). The van der Waals surface area contributed by atoms with Gasteiger partial charge in [-0.15, -0.1) is 10.2 Å². The van der Waals surface area contributed by atoms with Gasteiger partial charge in [-0.05, 0) is 32.9 Å². The Hall–Kier alpha value is -1.75. The van der Waals surface area contributed by atoms with Gasteiger partial charge in [0.05, 0.1) is 5.52 Å². The lowest BCUT2D eigenvalue weighted by atomic mass is 10.1. The van der Waals surface area contributed by atoms with Gasteiger partial charge in [0.15, 0.2) is 0 Å². The van der Waals surface area contributed by atoms with E-state index in [9.17, 15) is 0 Å². The van der Waals surface area contributed by atoms with Gasteiger partial charge in [0.1, 0.15) is 5.52 Å². The van der Waals surface area contributed by atoms with E-state index in [0.717, 1.165) is 24.1 Å². The van der Waals surface area contributed by atoms with Crippen molar-refractivity contribution < 1.29 is 0 Å². The van der Waals surface area contributed by atoms with E-state index in [2.05, 4.69) is 41.3 Å². The number of nitrogens with zero attached hydrogens (tertiary/aromatic N) is 4. The molecular formula is C14H21N5. The molecule has 0 saturated heterocycles. The minimum Gasteiger partial charge on any atom is -0.341 e. The van der Waals surface area contributed by atoms with Crippen LogP contribution in [0.4, 0.5) is 5.95 Å². The molecule has 19 heavy (non-hydrogen) atoms. The molecule has 0 aliphatic carbocycles. The lowest BCUT2D eigenvalue weighted by Crippen LogP contribution is -2.40. The van der Waals surface area contributed by atoms with Gasteiger partial charge in [0.2, 0.25) is 5.95 Å². The first-order chi connectivity index (χ1) is 8.96. The van der Waals surface area contributed by atoms with Crippen LogP contribution in [0.1, 0.15) is 20.8 Å². The van der Waals surface area contributed by atoms with E-state index in [0.29, 0.717) is 5.95 Å². The average Bonchev–Trinajstić information content (AvgIpc) is 2.36. The third-order valence-corrected chi connectivity index (χ3v) is 2.79. The third-order valence-electron chi connectivity index (χ3n) is 2.79. The van der Waals surface area contributed by atoms with Gasteiger partial charge in [-0.3, -0.25) is 0 Å². The number of likely N-dealkylation sites (N-methyl/N-ethyl adjacent to an activating group) is 1. The number of nitrogens with one attached hydrogen (secondary N) is 1. The highest BCUT2D eigenvalue weighted by atomic mass is 15.3. The van der Waals surface area contributed by atoms with E-state index in [-0.39, 0.29) is 5.54 Å². The Labute approximate surface area is 114 Å². The van der Waals surface area contributed by atoms with Crippen LogP contribution in [0.15, 0.2) is 24.3 Å². The molecule has 0 unspecified atom stereocenters. The normalized spacial score (nSPS) is 11.8. The molecule has 0 fully saturated rings. The second kappa shape index (κ2) is 5.48. The summed E-state index contributed by atoms with van der Waals surface area (Å²) in [7, 11) is 1.98. The number of benzene rings is 1. The monoisotopic (exact) mass is 259 g/mol. The van der Waals surface area contributed by atoms with Crippen molar-refractivity contribution in [2.24, 2.45) is 0 Å². The van der Waals surface area contributed by atoms with Gasteiger partial charge in [0.25, 0.3) is 0 Å². The molecule has 1 heterocycles. The van der Waals surface area contributed by atoms with E-state index in [1.165, 1.54) is 0 Å². The van der Waals surface area contributed by atoms with Gasteiger partial charge < -0.3 is 10.2 Å². The number of para-hydroxylation sites is 1. The number of rotatable bonds is 4. The highest BCUT2D eigenvalue weighted by Crippen LogP contribution is 2.11. The van der Waals surface area contributed by atoms with E-state index in [1.54, 1.807) is 0 Å². The Morgan fingerprint density at radius 2 is 1.79 bits per heavy atom. The molecule has 0 amide bonds. The fourth-order valence-electron chi connectivity index (χ4n) is 1.73. The summed E-state index contributed by atoms with van der Waals surface area (Å²) in [5, 5.41) is 11.8. The predicted octanol–water partition coefficient (Wildman–Crippen LogP) is 1.85. The van der Waals surface area contributed by atoms with E-state index >= 15 is 0 Å².